The Hall–Kier alpha value is -3.55. The van der Waals surface area contributed by atoms with Crippen molar-refractivity contribution in [2.45, 2.75) is 19.4 Å². The molecule has 0 atom stereocenters. The first-order chi connectivity index (χ1) is 15.1. The summed E-state index contributed by atoms with van der Waals surface area (Å²) in [6, 6.07) is 13.6. The van der Waals surface area contributed by atoms with Crippen molar-refractivity contribution in [3.8, 4) is 11.3 Å². The first-order valence-electron chi connectivity index (χ1n) is 10.4. The number of amides is 1. The van der Waals surface area contributed by atoms with Crippen LogP contribution in [0.25, 0.3) is 11.3 Å². The van der Waals surface area contributed by atoms with E-state index in [0.717, 1.165) is 5.56 Å². The molecule has 160 valence electrons. The topological polar surface area (TPSA) is 71.3 Å². The van der Waals surface area contributed by atoms with Gasteiger partial charge in [0.15, 0.2) is 0 Å². The van der Waals surface area contributed by atoms with Crippen LogP contribution in [0.1, 0.15) is 12.8 Å². The first kappa shape index (κ1) is 20.7. The van der Waals surface area contributed by atoms with Crippen molar-refractivity contribution in [2.75, 3.05) is 31.1 Å². The summed E-state index contributed by atoms with van der Waals surface area (Å²) in [5.41, 5.74) is 1.88. The molecule has 1 aliphatic heterocycles. The molecule has 0 N–H and O–H groups in total. The molecule has 0 bridgehead atoms. The van der Waals surface area contributed by atoms with Crippen LogP contribution in [0.4, 0.5) is 10.1 Å². The van der Waals surface area contributed by atoms with E-state index in [0.29, 0.717) is 56.9 Å². The number of nitrogens with zero attached hydrogens (tertiary/aromatic N) is 5. The van der Waals surface area contributed by atoms with Crippen LogP contribution in [0.3, 0.4) is 0 Å². The Balaban J connectivity index is 1.29. The monoisotopic (exact) mass is 421 g/mol. The zero-order chi connectivity index (χ0) is 21.6. The summed E-state index contributed by atoms with van der Waals surface area (Å²) < 4.78 is 15.4. The number of aryl methyl sites for hydroxylation is 1. The van der Waals surface area contributed by atoms with Gasteiger partial charge in [-0.1, -0.05) is 12.1 Å². The normalized spacial score (nSPS) is 14.0. The lowest BCUT2D eigenvalue weighted by atomic mass is 10.2. The van der Waals surface area contributed by atoms with Gasteiger partial charge in [0.1, 0.15) is 5.82 Å². The van der Waals surface area contributed by atoms with Crippen LogP contribution in [0, 0.1) is 5.82 Å². The van der Waals surface area contributed by atoms with Gasteiger partial charge in [-0.05, 0) is 36.8 Å². The maximum Gasteiger partial charge on any atom is 0.266 e. The molecule has 8 heteroatoms. The van der Waals surface area contributed by atoms with E-state index in [4.69, 9.17) is 0 Å². The third kappa shape index (κ3) is 4.96. The molecule has 0 spiro atoms. The average Bonchev–Trinajstić information content (AvgIpc) is 2.81. The lowest BCUT2D eigenvalue weighted by Gasteiger charge is -2.36. The van der Waals surface area contributed by atoms with Gasteiger partial charge in [0.2, 0.25) is 5.91 Å². The van der Waals surface area contributed by atoms with Gasteiger partial charge in [0, 0.05) is 63.2 Å². The SMILES string of the molecule is O=C(CCCn1nc(-c2cccnc2)ccc1=O)N1CCN(c2ccccc2F)CC1. The van der Waals surface area contributed by atoms with E-state index < -0.39 is 0 Å². The number of halogens is 1. The lowest BCUT2D eigenvalue weighted by molar-refractivity contribution is -0.131. The summed E-state index contributed by atoms with van der Waals surface area (Å²) in [6.45, 7) is 2.68. The van der Waals surface area contributed by atoms with Crippen LogP contribution in [0.15, 0.2) is 65.7 Å². The van der Waals surface area contributed by atoms with E-state index in [9.17, 15) is 14.0 Å². The van der Waals surface area contributed by atoms with Crippen molar-refractivity contribution in [3.63, 3.8) is 0 Å². The molecular weight excluding hydrogens is 397 g/mol. The fraction of sp³-hybridized carbons (Fsp3) is 0.304. The molecule has 7 nitrogen and oxygen atoms in total. The van der Waals surface area contributed by atoms with Gasteiger partial charge in [-0.25, -0.2) is 9.07 Å². The van der Waals surface area contributed by atoms with Gasteiger partial charge in [0.05, 0.1) is 11.4 Å². The Morgan fingerprint density at radius 3 is 2.55 bits per heavy atom. The van der Waals surface area contributed by atoms with E-state index in [-0.39, 0.29) is 17.3 Å². The molecule has 0 aliphatic carbocycles. The van der Waals surface area contributed by atoms with Crippen molar-refractivity contribution in [1.29, 1.82) is 0 Å². The summed E-state index contributed by atoms with van der Waals surface area (Å²) in [5, 5.41) is 4.40. The Labute approximate surface area is 179 Å². The first-order valence-corrected chi connectivity index (χ1v) is 10.4. The number of carbonyl (C=O) groups is 1. The van der Waals surface area contributed by atoms with Gasteiger partial charge < -0.3 is 9.80 Å². The zero-order valence-corrected chi connectivity index (χ0v) is 17.2. The lowest BCUT2D eigenvalue weighted by Crippen LogP contribution is -2.49. The van der Waals surface area contributed by atoms with Gasteiger partial charge in [-0.15, -0.1) is 0 Å². The number of aromatic nitrogens is 3. The Morgan fingerprint density at radius 2 is 1.81 bits per heavy atom. The molecule has 1 aliphatic rings. The van der Waals surface area contributed by atoms with Crippen LogP contribution in [-0.2, 0) is 11.3 Å². The van der Waals surface area contributed by atoms with Crippen LogP contribution >= 0.6 is 0 Å². The number of hydrogen-bond acceptors (Lipinski definition) is 5. The summed E-state index contributed by atoms with van der Waals surface area (Å²) in [5.74, 6) is -0.196. The van der Waals surface area contributed by atoms with E-state index in [1.165, 1.54) is 16.8 Å². The molecule has 1 aromatic carbocycles. The van der Waals surface area contributed by atoms with E-state index in [1.54, 1.807) is 35.5 Å². The van der Waals surface area contributed by atoms with Crippen molar-refractivity contribution in [2.24, 2.45) is 0 Å². The summed E-state index contributed by atoms with van der Waals surface area (Å²) in [7, 11) is 0. The molecule has 1 saturated heterocycles. The van der Waals surface area contributed by atoms with E-state index in [2.05, 4.69) is 10.1 Å². The zero-order valence-electron chi connectivity index (χ0n) is 17.2. The highest BCUT2D eigenvalue weighted by atomic mass is 19.1. The maximum atomic E-state index is 14.0. The van der Waals surface area contributed by atoms with E-state index >= 15 is 0 Å². The number of piperazine rings is 1. The molecule has 4 rings (SSSR count). The second-order valence-electron chi connectivity index (χ2n) is 7.44. The van der Waals surface area contributed by atoms with Gasteiger partial charge in [0.25, 0.3) is 5.56 Å². The predicted molar refractivity (Wildman–Crippen MR) is 116 cm³/mol. The number of carbonyl (C=O) groups excluding carboxylic acids is 1. The maximum absolute atomic E-state index is 14.0. The van der Waals surface area contributed by atoms with Crippen LogP contribution in [0.2, 0.25) is 0 Å². The van der Waals surface area contributed by atoms with Crippen LogP contribution in [-0.4, -0.2) is 51.8 Å². The van der Waals surface area contributed by atoms with Crippen LogP contribution in [0.5, 0.6) is 0 Å². The largest absolute Gasteiger partial charge is 0.366 e. The average molecular weight is 421 g/mol. The van der Waals surface area contributed by atoms with E-state index in [1.807, 2.05) is 23.1 Å². The molecule has 2 aromatic heterocycles. The highest BCUT2D eigenvalue weighted by Gasteiger charge is 2.22. The smallest absolute Gasteiger partial charge is 0.266 e. The minimum Gasteiger partial charge on any atom is -0.366 e. The fourth-order valence-electron chi connectivity index (χ4n) is 3.72. The summed E-state index contributed by atoms with van der Waals surface area (Å²) >= 11 is 0. The minimum atomic E-state index is -0.242. The van der Waals surface area contributed by atoms with Gasteiger partial charge >= 0.3 is 0 Å². The second kappa shape index (κ2) is 9.51. The standard InChI is InChI=1S/C23H24FN5O2/c24-19-6-1-2-7-21(19)27-13-15-28(16-14-27)22(30)8-4-12-29-23(31)10-9-20(26-29)18-5-3-11-25-17-18/h1-3,5-7,9-11,17H,4,8,12-16H2. The molecule has 0 saturated carbocycles. The quantitative estimate of drug-likeness (QED) is 0.612. The predicted octanol–water partition coefficient (Wildman–Crippen LogP) is 2.57. The molecule has 31 heavy (non-hydrogen) atoms. The number of benzene rings is 1. The van der Waals surface area contributed by atoms with Gasteiger partial charge in [-0.3, -0.25) is 14.6 Å². The third-order valence-corrected chi connectivity index (χ3v) is 5.41. The minimum absolute atomic E-state index is 0.0460. The Kier molecular flexibility index (Phi) is 6.35. The molecule has 1 fully saturated rings. The molecule has 3 aromatic rings. The van der Waals surface area contributed by atoms with Crippen LogP contribution < -0.4 is 10.5 Å². The number of anilines is 1. The summed E-state index contributed by atoms with van der Waals surface area (Å²) in [4.78, 5) is 32.6. The molecule has 3 heterocycles. The number of hydrogen-bond donors (Lipinski definition) is 0. The number of para-hydroxylation sites is 1. The van der Waals surface area contributed by atoms with Crippen molar-refractivity contribution >= 4 is 11.6 Å². The van der Waals surface area contributed by atoms with Gasteiger partial charge in [-0.2, -0.15) is 5.10 Å². The van der Waals surface area contributed by atoms with Crippen molar-refractivity contribution in [3.05, 3.63) is 77.1 Å². The second-order valence-corrected chi connectivity index (χ2v) is 7.44. The highest BCUT2D eigenvalue weighted by molar-refractivity contribution is 5.76. The summed E-state index contributed by atoms with van der Waals surface area (Å²) in [6.07, 6.45) is 4.24. The molecule has 0 radical (unpaired) electrons. The Bertz CT molecular complexity index is 1090. The Morgan fingerprint density at radius 1 is 1.00 bits per heavy atom. The third-order valence-electron chi connectivity index (χ3n) is 5.41. The fourth-order valence-corrected chi connectivity index (χ4v) is 3.72. The number of rotatable bonds is 6. The number of pyridine rings is 1. The molecule has 1 amide bonds. The van der Waals surface area contributed by atoms with Crippen molar-refractivity contribution < 1.29 is 9.18 Å². The molecular formula is C23H24FN5O2. The highest BCUT2D eigenvalue weighted by Crippen LogP contribution is 2.20. The molecule has 0 unspecified atom stereocenters. The van der Waals surface area contributed by atoms with Crippen molar-refractivity contribution in [1.82, 2.24) is 19.7 Å².